The van der Waals surface area contributed by atoms with Crippen LogP contribution in [0.3, 0.4) is 0 Å². The molecule has 1 aliphatic rings. The van der Waals surface area contributed by atoms with E-state index in [0.29, 0.717) is 17.9 Å². The fourth-order valence-electron chi connectivity index (χ4n) is 2.55. The Balaban J connectivity index is 1.96. The molecule has 116 valence electrons. The third-order valence-corrected chi connectivity index (χ3v) is 3.66. The molecule has 2 rings (SSSR count). The van der Waals surface area contributed by atoms with Crippen molar-refractivity contribution in [3.05, 3.63) is 29.6 Å². The molecule has 0 aliphatic carbocycles. The van der Waals surface area contributed by atoms with Crippen molar-refractivity contribution in [1.29, 1.82) is 0 Å². The number of nitrogens with zero attached hydrogens (tertiary/aromatic N) is 1. The van der Waals surface area contributed by atoms with Crippen molar-refractivity contribution < 1.29 is 13.9 Å². The van der Waals surface area contributed by atoms with Crippen LogP contribution in [-0.4, -0.2) is 49.8 Å². The number of carbonyl (C=O) groups excluding carboxylic acids is 1. The van der Waals surface area contributed by atoms with Crippen LogP contribution < -0.4 is 10.6 Å². The molecular weight excluding hydrogens is 273 g/mol. The zero-order valence-corrected chi connectivity index (χ0v) is 12.6. The first-order valence-electron chi connectivity index (χ1n) is 7.14. The van der Waals surface area contributed by atoms with Crippen LogP contribution in [0.25, 0.3) is 0 Å². The number of benzene rings is 1. The minimum Gasteiger partial charge on any atom is -0.375 e. The van der Waals surface area contributed by atoms with Gasteiger partial charge in [0.05, 0.1) is 12.1 Å². The molecule has 1 aliphatic heterocycles. The van der Waals surface area contributed by atoms with E-state index in [1.54, 1.807) is 19.1 Å². The van der Waals surface area contributed by atoms with Crippen molar-refractivity contribution >= 4 is 11.7 Å². The number of nitrogens with one attached hydrogen (secondary N) is 2. The number of hydrogen-bond donors (Lipinski definition) is 2. The normalized spacial score (nSPS) is 22.3. The monoisotopic (exact) mass is 295 g/mol. The van der Waals surface area contributed by atoms with Crippen molar-refractivity contribution in [3.8, 4) is 0 Å². The van der Waals surface area contributed by atoms with Gasteiger partial charge in [0.25, 0.3) is 0 Å². The van der Waals surface area contributed by atoms with Crippen molar-refractivity contribution in [2.45, 2.75) is 26.0 Å². The summed E-state index contributed by atoms with van der Waals surface area (Å²) >= 11 is 0. The summed E-state index contributed by atoms with van der Waals surface area (Å²) in [7, 11) is 1.99. The highest BCUT2D eigenvalue weighted by Crippen LogP contribution is 2.18. The summed E-state index contributed by atoms with van der Waals surface area (Å²) in [5, 5.41) is 5.59. The third kappa shape index (κ3) is 3.92. The smallest absolute Gasteiger partial charge is 0.319 e. The number of ether oxygens (including phenoxy) is 1. The van der Waals surface area contributed by atoms with Crippen molar-refractivity contribution in [3.63, 3.8) is 0 Å². The Morgan fingerprint density at radius 2 is 2.24 bits per heavy atom. The molecule has 1 saturated heterocycles. The Kier molecular flexibility index (Phi) is 5.14. The van der Waals surface area contributed by atoms with Gasteiger partial charge < -0.3 is 20.3 Å². The Hall–Kier alpha value is -1.66. The second kappa shape index (κ2) is 6.87. The fourth-order valence-corrected chi connectivity index (χ4v) is 2.55. The lowest BCUT2D eigenvalue weighted by molar-refractivity contribution is 0.0568. The molecule has 1 heterocycles. The lowest BCUT2D eigenvalue weighted by Crippen LogP contribution is -2.45. The molecule has 2 N–H and O–H groups in total. The lowest BCUT2D eigenvalue weighted by atomic mass is 10.2. The van der Waals surface area contributed by atoms with Crippen LogP contribution in [-0.2, 0) is 4.74 Å². The van der Waals surface area contributed by atoms with Crippen LogP contribution in [0.5, 0.6) is 0 Å². The average molecular weight is 295 g/mol. The fraction of sp³-hybridized carbons (Fsp3) is 0.533. The number of urea groups is 1. The molecule has 2 atom stereocenters. The van der Waals surface area contributed by atoms with Gasteiger partial charge in [0, 0.05) is 30.9 Å². The molecular formula is C15H22FN3O2. The summed E-state index contributed by atoms with van der Waals surface area (Å²) in [6.07, 6.45) is -0.0145. The lowest BCUT2D eigenvalue weighted by Gasteiger charge is -2.20. The van der Waals surface area contributed by atoms with E-state index in [0.717, 1.165) is 13.1 Å². The van der Waals surface area contributed by atoms with Gasteiger partial charge in [-0.2, -0.15) is 0 Å². The van der Waals surface area contributed by atoms with Crippen molar-refractivity contribution in [2.75, 3.05) is 32.1 Å². The van der Waals surface area contributed by atoms with E-state index >= 15 is 0 Å². The number of amides is 2. The molecule has 1 aromatic carbocycles. The van der Waals surface area contributed by atoms with Crippen LogP contribution in [0.15, 0.2) is 18.2 Å². The van der Waals surface area contributed by atoms with Gasteiger partial charge in [0.15, 0.2) is 0 Å². The summed E-state index contributed by atoms with van der Waals surface area (Å²) in [6.45, 7) is 5.71. The SMILES string of the molecule is CCO[C@@H]1CN(C)C[C@H]1NC(=O)Nc1cccc(F)c1C. The molecule has 0 bridgehead atoms. The van der Waals surface area contributed by atoms with Gasteiger partial charge in [-0.25, -0.2) is 9.18 Å². The molecule has 0 radical (unpaired) electrons. The predicted octanol–water partition coefficient (Wildman–Crippen LogP) is 1.97. The number of likely N-dealkylation sites (N-methyl/N-ethyl adjacent to an activating group) is 1. The van der Waals surface area contributed by atoms with E-state index in [4.69, 9.17) is 4.74 Å². The Labute approximate surface area is 124 Å². The van der Waals surface area contributed by atoms with Crippen LogP contribution >= 0.6 is 0 Å². The van der Waals surface area contributed by atoms with Gasteiger partial charge in [-0.1, -0.05) is 6.07 Å². The van der Waals surface area contributed by atoms with Crippen molar-refractivity contribution in [1.82, 2.24) is 10.2 Å². The standard InChI is InChI=1S/C15H22FN3O2/c1-4-21-14-9-19(3)8-13(14)18-15(20)17-12-7-5-6-11(16)10(12)2/h5-7,13-14H,4,8-9H2,1-3H3,(H2,17,18,20)/t13-,14-/m1/s1. The van der Waals surface area contributed by atoms with E-state index in [1.807, 2.05) is 14.0 Å². The molecule has 21 heavy (non-hydrogen) atoms. The Morgan fingerprint density at radius 3 is 2.95 bits per heavy atom. The van der Waals surface area contributed by atoms with E-state index in [-0.39, 0.29) is 24.0 Å². The number of carbonyl (C=O) groups is 1. The molecule has 1 aromatic rings. The molecule has 0 saturated carbocycles. The minimum absolute atomic E-state index is 0.0145. The maximum absolute atomic E-state index is 13.4. The molecule has 1 fully saturated rings. The first-order valence-corrected chi connectivity index (χ1v) is 7.14. The van der Waals surface area contributed by atoms with Gasteiger partial charge in [0.1, 0.15) is 5.82 Å². The van der Waals surface area contributed by atoms with Crippen LogP contribution in [0.2, 0.25) is 0 Å². The highest BCUT2D eigenvalue weighted by Gasteiger charge is 2.32. The van der Waals surface area contributed by atoms with Gasteiger partial charge >= 0.3 is 6.03 Å². The zero-order valence-electron chi connectivity index (χ0n) is 12.6. The summed E-state index contributed by atoms with van der Waals surface area (Å²) in [5.74, 6) is -0.333. The third-order valence-electron chi connectivity index (χ3n) is 3.66. The average Bonchev–Trinajstić information content (AvgIpc) is 2.75. The molecule has 6 heteroatoms. The summed E-state index contributed by atoms with van der Waals surface area (Å²) in [6, 6.07) is 4.22. The predicted molar refractivity (Wildman–Crippen MR) is 80.0 cm³/mol. The van der Waals surface area contributed by atoms with E-state index < -0.39 is 0 Å². The van der Waals surface area contributed by atoms with Gasteiger partial charge in [-0.15, -0.1) is 0 Å². The van der Waals surface area contributed by atoms with Gasteiger partial charge in [-0.3, -0.25) is 0 Å². The highest BCUT2D eigenvalue weighted by molar-refractivity contribution is 5.90. The quantitative estimate of drug-likeness (QED) is 0.893. The summed E-state index contributed by atoms with van der Waals surface area (Å²) < 4.78 is 19.1. The number of hydrogen-bond acceptors (Lipinski definition) is 3. The Bertz CT molecular complexity index is 510. The van der Waals surface area contributed by atoms with E-state index in [1.165, 1.54) is 6.07 Å². The number of halogens is 1. The largest absolute Gasteiger partial charge is 0.375 e. The molecule has 2 amide bonds. The van der Waals surface area contributed by atoms with Gasteiger partial charge in [0.2, 0.25) is 0 Å². The summed E-state index contributed by atoms with van der Waals surface area (Å²) in [5.41, 5.74) is 0.907. The van der Waals surface area contributed by atoms with Crippen molar-refractivity contribution in [2.24, 2.45) is 0 Å². The zero-order chi connectivity index (χ0) is 15.4. The summed E-state index contributed by atoms with van der Waals surface area (Å²) in [4.78, 5) is 14.2. The first-order chi connectivity index (χ1) is 10.0. The second-order valence-electron chi connectivity index (χ2n) is 5.33. The topological polar surface area (TPSA) is 53.6 Å². The Morgan fingerprint density at radius 1 is 1.48 bits per heavy atom. The molecule has 5 nitrogen and oxygen atoms in total. The van der Waals surface area contributed by atoms with Crippen LogP contribution in [0, 0.1) is 12.7 Å². The maximum Gasteiger partial charge on any atom is 0.319 e. The molecule has 0 aromatic heterocycles. The number of rotatable bonds is 4. The van der Waals surface area contributed by atoms with E-state index in [2.05, 4.69) is 15.5 Å². The first kappa shape index (κ1) is 15.7. The van der Waals surface area contributed by atoms with E-state index in [9.17, 15) is 9.18 Å². The molecule has 0 spiro atoms. The number of likely N-dealkylation sites (tertiary alicyclic amines) is 1. The van der Waals surface area contributed by atoms with Crippen LogP contribution in [0.1, 0.15) is 12.5 Å². The van der Waals surface area contributed by atoms with Gasteiger partial charge in [-0.05, 0) is 33.0 Å². The number of anilines is 1. The minimum atomic E-state index is -0.339. The van der Waals surface area contributed by atoms with Crippen LogP contribution in [0.4, 0.5) is 14.9 Å². The second-order valence-corrected chi connectivity index (χ2v) is 5.33. The molecule has 0 unspecified atom stereocenters. The highest BCUT2D eigenvalue weighted by atomic mass is 19.1. The maximum atomic E-state index is 13.4.